The van der Waals surface area contributed by atoms with Crippen molar-refractivity contribution < 1.29 is 14.3 Å². The molecule has 4 rings (SSSR count). The van der Waals surface area contributed by atoms with Gasteiger partial charge in [-0.2, -0.15) is 0 Å². The van der Waals surface area contributed by atoms with E-state index in [0.717, 1.165) is 27.7 Å². The summed E-state index contributed by atoms with van der Waals surface area (Å²) >= 11 is 0. The number of primary amides is 1. The molecule has 1 amide bonds. The number of nitrogens with two attached hydrogens (primary N) is 1. The van der Waals surface area contributed by atoms with Gasteiger partial charge in [0, 0.05) is 11.6 Å². The van der Waals surface area contributed by atoms with Crippen LogP contribution in [-0.4, -0.2) is 24.7 Å². The number of amides is 1. The lowest BCUT2D eigenvalue weighted by Crippen LogP contribution is -2.10. The summed E-state index contributed by atoms with van der Waals surface area (Å²) in [7, 11) is 3.27. The maximum absolute atomic E-state index is 12.0. The number of methoxy groups -OCH3 is 2. The normalized spacial score (nSPS) is 10.8. The molecule has 1 heterocycles. The van der Waals surface area contributed by atoms with Gasteiger partial charge in [-0.25, -0.2) is 0 Å². The predicted octanol–water partition coefficient (Wildman–Crippen LogP) is 4.41. The lowest BCUT2D eigenvalue weighted by molar-refractivity contribution is 0.100. The Morgan fingerprint density at radius 1 is 0.893 bits per heavy atom. The van der Waals surface area contributed by atoms with E-state index < -0.39 is 5.91 Å². The monoisotopic (exact) mass is 372 g/mol. The molecule has 0 spiro atoms. The van der Waals surface area contributed by atoms with Crippen molar-refractivity contribution in [2.75, 3.05) is 14.2 Å². The van der Waals surface area contributed by atoms with Crippen LogP contribution in [-0.2, 0) is 0 Å². The molecule has 2 N–H and O–H groups in total. The van der Waals surface area contributed by atoms with Crippen LogP contribution < -0.4 is 15.2 Å². The number of benzene rings is 3. The van der Waals surface area contributed by atoms with Crippen LogP contribution in [0.5, 0.6) is 11.5 Å². The van der Waals surface area contributed by atoms with Crippen LogP contribution in [0.3, 0.4) is 0 Å². The fourth-order valence-electron chi connectivity index (χ4n) is 3.57. The standard InChI is InChI=1S/C23H20N2O3/c1-27-20-13-12-19(22(28-2)21(20)15-8-4-3-5-9-15)25-14-17(23(24)26)16-10-6-7-11-18(16)25/h3-14H,1-2H3,(H2,24,26). The van der Waals surface area contributed by atoms with Gasteiger partial charge in [0.05, 0.1) is 36.6 Å². The van der Waals surface area contributed by atoms with Crippen molar-refractivity contribution in [1.29, 1.82) is 0 Å². The molecule has 0 saturated heterocycles. The minimum atomic E-state index is -0.467. The van der Waals surface area contributed by atoms with E-state index in [0.29, 0.717) is 17.1 Å². The third kappa shape index (κ3) is 2.77. The number of para-hydroxylation sites is 1. The van der Waals surface area contributed by atoms with Crippen LogP contribution >= 0.6 is 0 Å². The Morgan fingerprint density at radius 3 is 2.29 bits per heavy atom. The van der Waals surface area contributed by atoms with E-state index in [-0.39, 0.29) is 0 Å². The number of rotatable bonds is 5. The van der Waals surface area contributed by atoms with E-state index in [2.05, 4.69) is 0 Å². The molecule has 1 aromatic heterocycles. The van der Waals surface area contributed by atoms with Gasteiger partial charge in [-0.15, -0.1) is 0 Å². The Hall–Kier alpha value is -3.73. The fourth-order valence-corrected chi connectivity index (χ4v) is 3.57. The minimum Gasteiger partial charge on any atom is -0.496 e. The maximum atomic E-state index is 12.0. The van der Waals surface area contributed by atoms with Crippen LogP contribution in [0.25, 0.3) is 27.7 Å². The van der Waals surface area contributed by atoms with Gasteiger partial charge in [-0.05, 0) is 23.8 Å². The van der Waals surface area contributed by atoms with Gasteiger partial charge >= 0.3 is 0 Å². The van der Waals surface area contributed by atoms with Crippen LogP contribution in [0, 0.1) is 0 Å². The average Bonchev–Trinajstić information content (AvgIpc) is 3.13. The second kappa shape index (κ2) is 7.12. The molecular weight excluding hydrogens is 352 g/mol. The van der Waals surface area contributed by atoms with Gasteiger partial charge in [-0.1, -0.05) is 48.5 Å². The first-order valence-electron chi connectivity index (χ1n) is 8.86. The van der Waals surface area contributed by atoms with E-state index in [9.17, 15) is 4.79 Å². The topological polar surface area (TPSA) is 66.5 Å². The van der Waals surface area contributed by atoms with Gasteiger partial charge in [0.25, 0.3) is 5.91 Å². The van der Waals surface area contributed by atoms with Crippen LogP contribution in [0.4, 0.5) is 0 Å². The van der Waals surface area contributed by atoms with Gasteiger partial charge in [0.2, 0.25) is 0 Å². The Labute approximate surface area is 162 Å². The van der Waals surface area contributed by atoms with Crippen LogP contribution in [0.15, 0.2) is 72.9 Å². The van der Waals surface area contributed by atoms with Crippen molar-refractivity contribution in [3.63, 3.8) is 0 Å². The second-order valence-electron chi connectivity index (χ2n) is 6.36. The van der Waals surface area contributed by atoms with E-state index in [1.807, 2.05) is 71.3 Å². The maximum Gasteiger partial charge on any atom is 0.250 e. The van der Waals surface area contributed by atoms with E-state index in [1.165, 1.54) is 0 Å². The Bertz CT molecular complexity index is 1160. The first-order valence-corrected chi connectivity index (χ1v) is 8.86. The molecule has 0 bridgehead atoms. The number of aromatic nitrogens is 1. The number of carbonyl (C=O) groups is 1. The third-order valence-corrected chi connectivity index (χ3v) is 4.82. The molecule has 0 aliphatic carbocycles. The molecule has 0 atom stereocenters. The summed E-state index contributed by atoms with van der Waals surface area (Å²) in [4.78, 5) is 12.0. The molecule has 0 fully saturated rings. The SMILES string of the molecule is COc1ccc(-n2cc(C(N)=O)c3ccccc32)c(OC)c1-c1ccccc1. The summed E-state index contributed by atoms with van der Waals surface area (Å²) in [6, 6.07) is 21.4. The summed E-state index contributed by atoms with van der Waals surface area (Å²) in [5.41, 5.74) is 9.57. The zero-order chi connectivity index (χ0) is 19.7. The molecule has 28 heavy (non-hydrogen) atoms. The van der Waals surface area contributed by atoms with Gasteiger partial charge in [0.15, 0.2) is 5.75 Å². The molecule has 0 radical (unpaired) electrons. The lowest BCUT2D eigenvalue weighted by Gasteiger charge is -2.18. The largest absolute Gasteiger partial charge is 0.496 e. The van der Waals surface area contributed by atoms with Gasteiger partial charge in [-0.3, -0.25) is 4.79 Å². The Balaban J connectivity index is 2.05. The summed E-state index contributed by atoms with van der Waals surface area (Å²) in [5, 5.41) is 0.800. The smallest absolute Gasteiger partial charge is 0.250 e. The number of carbonyl (C=O) groups excluding carboxylic acids is 1. The zero-order valence-electron chi connectivity index (χ0n) is 15.7. The van der Waals surface area contributed by atoms with Crippen molar-refractivity contribution in [1.82, 2.24) is 4.57 Å². The van der Waals surface area contributed by atoms with Gasteiger partial charge in [0.1, 0.15) is 5.75 Å². The summed E-state index contributed by atoms with van der Waals surface area (Å²) in [5.74, 6) is 0.895. The Kier molecular flexibility index (Phi) is 4.49. The van der Waals surface area contributed by atoms with E-state index in [4.69, 9.17) is 15.2 Å². The zero-order valence-corrected chi connectivity index (χ0v) is 15.7. The highest BCUT2D eigenvalue weighted by Gasteiger charge is 2.21. The van der Waals surface area contributed by atoms with Crippen molar-refractivity contribution in [3.8, 4) is 28.3 Å². The molecule has 140 valence electrons. The molecule has 0 unspecified atom stereocenters. The molecule has 0 saturated carbocycles. The third-order valence-electron chi connectivity index (χ3n) is 4.82. The average molecular weight is 372 g/mol. The van der Waals surface area contributed by atoms with Crippen molar-refractivity contribution in [2.45, 2.75) is 0 Å². The van der Waals surface area contributed by atoms with E-state index in [1.54, 1.807) is 20.4 Å². The molecule has 4 aromatic rings. The fraction of sp³-hybridized carbons (Fsp3) is 0.0870. The summed E-state index contributed by atoms with van der Waals surface area (Å²) in [6.45, 7) is 0. The number of hydrogen-bond donors (Lipinski definition) is 1. The molecule has 0 aliphatic heterocycles. The highest BCUT2D eigenvalue weighted by atomic mass is 16.5. The second-order valence-corrected chi connectivity index (χ2v) is 6.36. The molecular formula is C23H20N2O3. The van der Waals surface area contributed by atoms with Crippen LogP contribution in [0.2, 0.25) is 0 Å². The summed E-state index contributed by atoms with van der Waals surface area (Å²) < 4.78 is 13.4. The van der Waals surface area contributed by atoms with Gasteiger partial charge < -0.3 is 19.8 Å². The van der Waals surface area contributed by atoms with Crippen LogP contribution in [0.1, 0.15) is 10.4 Å². The molecule has 5 heteroatoms. The highest BCUT2D eigenvalue weighted by Crippen LogP contribution is 2.43. The summed E-state index contributed by atoms with van der Waals surface area (Å²) in [6.07, 6.45) is 1.76. The number of nitrogens with zero attached hydrogens (tertiary/aromatic N) is 1. The quantitative estimate of drug-likeness (QED) is 0.564. The highest BCUT2D eigenvalue weighted by molar-refractivity contribution is 6.07. The molecule has 3 aromatic carbocycles. The van der Waals surface area contributed by atoms with Crippen molar-refractivity contribution >= 4 is 16.8 Å². The first kappa shape index (κ1) is 17.7. The number of hydrogen-bond acceptors (Lipinski definition) is 3. The Morgan fingerprint density at radius 2 is 1.61 bits per heavy atom. The predicted molar refractivity (Wildman–Crippen MR) is 110 cm³/mol. The van der Waals surface area contributed by atoms with E-state index >= 15 is 0 Å². The van der Waals surface area contributed by atoms with Crippen molar-refractivity contribution in [2.24, 2.45) is 5.73 Å². The number of ether oxygens (including phenoxy) is 2. The molecule has 5 nitrogen and oxygen atoms in total. The first-order chi connectivity index (χ1) is 13.7. The number of fused-ring (bicyclic) bond motifs is 1. The minimum absolute atomic E-state index is 0.467. The van der Waals surface area contributed by atoms with Crippen molar-refractivity contribution in [3.05, 3.63) is 78.5 Å². The molecule has 0 aliphatic rings. The lowest BCUT2D eigenvalue weighted by atomic mass is 10.0.